The molecule has 0 N–H and O–H groups in total. The molecule has 0 aromatic carbocycles. The molecule has 1 heteroatoms. The normalized spacial score (nSPS) is 11.4. The maximum Gasteiger partial charge on any atom is -0.00676 e. The standard InChI is InChI=1S/C20H42S/c1-4-21-19-17-15-13-11-9-7-5-6-8-10-12-14-16-18-20(2)3/h20H,4-19H2,1-3H3. The monoisotopic (exact) mass is 314 g/mol. The number of thioether (sulfide) groups is 1. The molecule has 0 saturated heterocycles. The molecule has 0 aliphatic carbocycles. The smallest absolute Gasteiger partial charge is 0.00676 e. The van der Waals surface area contributed by atoms with E-state index < -0.39 is 0 Å². The summed E-state index contributed by atoms with van der Waals surface area (Å²) < 4.78 is 0. The van der Waals surface area contributed by atoms with Crippen LogP contribution in [0.1, 0.15) is 111 Å². The third-order valence-electron chi connectivity index (χ3n) is 4.27. The summed E-state index contributed by atoms with van der Waals surface area (Å²) in [5.74, 6) is 3.57. The molecule has 21 heavy (non-hydrogen) atoms. The molecule has 0 aromatic rings. The van der Waals surface area contributed by atoms with Crippen molar-refractivity contribution in [3.63, 3.8) is 0 Å². The molecule has 0 aromatic heterocycles. The lowest BCUT2D eigenvalue weighted by atomic mass is 10.0. The SMILES string of the molecule is CCSCCCCCCCCCCCCCCCC(C)C. The van der Waals surface area contributed by atoms with E-state index in [1.807, 2.05) is 0 Å². The minimum atomic E-state index is 0.899. The average Bonchev–Trinajstić information content (AvgIpc) is 2.46. The highest BCUT2D eigenvalue weighted by molar-refractivity contribution is 7.99. The molecule has 0 bridgehead atoms. The van der Waals surface area contributed by atoms with E-state index in [0.717, 1.165) is 5.92 Å². The second-order valence-corrected chi connectivity index (χ2v) is 8.37. The molecule has 0 spiro atoms. The van der Waals surface area contributed by atoms with Gasteiger partial charge in [0.1, 0.15) is 0 Å². The van der Waals surface area contributed by atoms with Crippen molar-refractivity contribution in [3.05, 3.63) is 0 Å². The first-order valence-corrected chi connectivity index (χ1v) is 11.0. The van der Waals surface area contributed by atoms with Crippen LogP contribution in [0.2, 0.25) is 0 Å². The van der Waals surface area contributed by atoms with Crippen LogP contribution in [0.25, 0.3) is 0 Å². The summed E-state index contributed by atoms with van der Waals surface area (Å²) in [5.41, 5.74) is 0. The first-order chi connectivity index (χ1) is 10.3. The van der Waals surface area contributed by atoms with Gasteiger partial charge in [-0.1, -0.05) is 104 Å². The van der Waals surface area contributed by atoms with Gasteiger partial charge in [-0.2, -0.15) is 11.8 Å². The van der Waals surface area contributed by atoms with E-state index in [0.29, 0.717) is 0 Å². The van der Waals surface area contributed by atoms with Gasteiger partial charge >= 0.3 is 0 Å². The molecule has 0 radical (unpaired) electrons. The molecule has 0 aliphatic heterocycles. The second kappa shape index (κ2) is 18.4. The third kappa shape index (κ3) is 20.4. The Balaban J connectivity index is 2.93. The summed E-state index contributed by atoms with van der Waals surface area (Å²) in [6.07, 6.45) is 20.6. The van der Waals surface area contributed by atoms with Crippen LogP contribution < -0.4 is 0 Å². The van der Waals surface area contributed by atoms with Crippen molar-refractivity contribution < 1.29 is 0 Å². The van der Waals surface area contributed by atoms with Gasteiger partial charge in [-0.25, -0.2) is 0 Å². The average molecular weight is 315 g/mol. The largest absolute Gasteiger partial charge is 0.162 e. The van der Waals surface area contributed by atoms with E-state index in [-0.39, 0.29) is 0 Å². The van der Waals surface area contributed by atoms with Gasteiger partial charge in [-0.05, 0) is 23.8 Å². The summed E-state index contributed by atoms with van der Waals surface area (Å²) in [6.45, 7) is 6.94. The minimum Gasteiger partial charge on any atom is -0.162 e. The Hall–Kier alpha value is 0.350. The zero-order valence-corrected chi connectivity index (χ0v) is 16.1. The molecule has 0 nitrogen and oxygen atoms in total. The van der Waals surface area contributed by atoms with Crippen LogP contribution in [0.15, 0.2) is 0 Å². The van der Waals surface area contributed by atoms with Crippen molar-refractivity contribution in [3.8, 4) is 0 Å². The Kier molecular flexibility index (Phi) is 18.7. The van der Waals surface area contributed by atoms with Crippen molar-refractivity contribution in [2.75, 3.05) is 11.5 Å². The van der Waals surface area contributed by atoms with Crippen LogP contribution in [0.5, 0.6) is 0 Å². The summed E-state index contributed by atoms with van der Waals surface area (Å²) in [6, 6.07) is 0. The lowest BCUT2D eigenvalue weighted by molar-refractivity contribution is 0.503. The Labute approximate surface area is 140 Å². The third-order valence-corrected chi connectivity index (χ3v) is 5.26. The first-order valence-electron chi connectivity index (χ1n) is 9.85. The summed E-state index contributed by atoms with van der Waals surface area (Å²) in [4.78, 5) is 0. The van der Waals surface area contributed by atoms with Gasteiger partial charge in [0.25, 0.3) is 0 Å². The van der Waals surface area contributed by atoms with Crippen LogP contribution in [-0.2, 0) is 0 Å². The van der Waals surface area contributed by atoms with Gasteiger partial charge in [0.15, 0.2) is 0 Å². The topological polar surface area (TPSA) is 0 Å². The van der Waals surface area contributed by atoms with E-state index in [9.17, 15) is 0 Å². The zero-order valence-electron chi connectivity index (χ0n) is 15.3. The predicted octanol–water partition coefficient (Wildman–Crippen LogP) is 7.86. The highest BCUT2D eigenvalue weighted by Gasteiger charge is 1.96. The van der Waals surface area contributed by atoms with Crippen molar-refractivity contribution in [2.24, 2.45) is 5.92 Å². The second-order valence-electron chi connectivity index (χ2n) is 6.98. The van der Waals surface area contributed by atoms with Crippen LogP contribution in [-0.4, -0.2) is 11.5 Å². The van der Waals surface area contributed by atoms with E-state index in [2.05, 4.69) is 32.5 Å². The summed E-state index contributed by atoms with van der Waals surface area (Å²) in [5, 5.41) is 0. The molecular weight excluding hydrogens is 272 g/mol. The maximum absolute atomic E-state index is 2.34. The Morgan fingerprint density at radius 3 is 1.33 bits per heavy atom. The maximum atomic E-state index is 2.34. The Morgan fingerprint density at radius 2 is 0.952 bits per heavy atom. The lowest BCUT2D eigenvalue weighted by Crippen LogP contribution is -1.87. The minimum absolute atomic E-state index is 0.899. The van der Waals surface area contributed by atoms with Crippen LogP contribution in [0.4, 0.5) is 0 Å². The molecule has 0 rings (SSSR count). The summed E-state index contributed by atoms with van der Waals surface area (Å²) in [7, 11) is 0. The molecule has 0 atom stereocenters. The van der Waals surface area contributed by atoms with E-state index >= 15 is 0 Å². The predicted molar refractivity (Wildman–Crippen MR) is 102 cm³/mol. The van der Waals surface area contributed by atoms with Gasteiger partial charge in [0.05, 0.1) is 0 Å². The van der Waals surface area contributed by atoms with Crippen molar-refractivity contribution in [2.45, 2.75) is 111 Å². The fraction of sp³-hybridized carbons (Fsp3) is 1.00. The highest BCUT2D eigenvalue weighted by atomic mass is 32.2. The van der Waals surface area contributed by atoms with Crippen molar-refractivity contribution in [1.82, 2.24) is 0 Å². The van der Waals surface area contributed by atoms with Gasteiger partial charge in [0, 0.05) is 0 Å². The Morgan fingerprint density at radius 1 is 0.571 bits per heavy atom. The molecule has 0 fully saturated rings. The number of hydrogen-bond acceptors (Lipinski definition) is 1. The molecule has 0 saturated carbocycles. The fourth-order valence-corrected chi connectivity index (χ4v) is 3.54. The van der Waals surface area contributed by atoms with Crippen LogP contribution in [0, 0.1) is 5.92 Å². The van der Waals surface area contributed by atoms with Gasteiger partial charge < -0.3 is 0 Å². The highest BCUT2D eigenvalue weighted by Crippen LogP contribution is 2.14. The van der Waals surface area contributed by atoms with Crippen molar-refractivity contribution in [1.29, 1.82) is 0 Å². The van der Waals surface area contributed by atoms with E-state index in [4.69, 9.17) is 0 Å². The molecule has 128 valence electrons. The van der Waals surface area contributed by atoms with Crippen LogP contribution in [0.3, 0.4) is 0 Å². The molecule has 0 unspecified atom stereocenters. The fourth-order valence-electron chi connectivity index (χ4n) is 2.85. The van der Waals surface area contributed by atoms with Gasteiger partial charge in [-0.3, -0.25) is 0 Å². The lowest BCUT2D eigenvalue weighted by Gasteiger charge is -2.05. The molecule has 0 aliphatic rings. The van der Waals surface area contributed by atoms with Gasteiger partial charge in [0.2, 0.25) is 0 Å². The van der Waals surface area contributed by atoms with Crippen molar-refractivity contribution >= 4 is 11.8 Å². The molecule has 0 amide bonds. The number of rotatable bonds is 17. The first kappa shape index (κ1) is 21.4. The number of hydrogen-bond donors (Lipinski definition) is 0. The van der Waals surface area contributed by atoms with E-state index in [1.54, 1.807) is 0 Å². The Bertz CT molecular complexity index is 177. The number of unbranched alkanes of at least 4 members (excludes halogenated alkanes) is 12. The quantitative estimate of drug-likeness (QED) is 0.246. The molecule has 0 heterocycles. The van der Waals surface area contributed by atoms with Crippen LogP contribution >= 0.6 is 11.8 Å². The van der Waals surface area contributed by atoms with E-state index in [1.165, 1.54) is 101 Å². The summed E-state index contributed by atoms with van der Waals surface area (Å²) >= 11 is 2.09. The molecular formula is C20H42S. The van der Waals surface area contributed by atoms with Gasteiger partial charge in [-0.15, -0.1) is 0 Å². The zero-order chi connectivity index (χ0) is 15.6.